The first-order chi connectivity index (χ1) is 13.4. The normalized spacial score (nSPS) is 11.6. The molecule has 0 bridgehead atoms. The van der Waals surface area contributed by atoms with Crippen molar-refractivity contribution in [2.75, 3.05) is 5.43 Å². The molecule has 0 amide bonds. The summed E-state index contributed by atoms with van der Waals surface area (Å²) in [4.78, 5) is 0. The highest BCUT2D eigenvalue weighted by molar-refractivity contribution is 14.1. The largest absolute Gasteiger partial charge is 0.489 e. The molecule has 0 aliphatic rings. The third-order valence-electron chi connectivity index (χ3n) is 3.82. The van der Waals surface area contributed by atoms with E-state index in [2.05, 4.69) is 33.1 Å². The van der Waals surface area contributed by atoms with Gasteiger partial charge in [0.15, 0.2) is 0 Å². The molecule has 0 aliphatic heterocycles. The lowest BCUT2D eigenvalue weighted by molar-refractivity contribution is -0.137. The monoisotopic (exact) mass is 496 g/mol. The van der Waals surface area contributed by atoms with Gasteiger partial charge in [0.2, 0.25) is 0 Å². The summed E-state index contributed by atoms with van der Waals surface area (Å²) in [5.74, 6) is 0.742. The van der Waals surface area contributed by atoms with Crippen LogP contribution in [-0.4, -0.2) is 6.21 Å². The zero-order chi connectivity index (χ0) is 20.0. The van der Waals surface area contributed by atoms with Gasteiger partial charge in [-0.05, 0) is 94.4 Å². The van der Waals surface area contributed by atoms with E-state index in [0.29, 0.717) is 12.3 Å². The van der Waals surface area contributed by atoms with Crippen LogP contribution in [0.5, 0.6) is 5.75 Å². The minimum absolute atomic E-state index is 0.474. The summed E-state index contributed by atoms with van der Waals surface area (Å²) in [5, 5.41) is 4.04. The molecule has 0 heterocycles. The minimum atomic E-state index is -4.34. The number of nitrogens with zero attached hydrogens (tertiary/aromatic N) is 1. The second-order valence-electron chi connectivity index (χ2n) is 5.93. The quantitative estimate of drug-likeness (QED) is 0.246. The number of rotatable bonds is 6. The van der Waals surface area contributed by atoms with Gasteiger partial charge < -0.3 is 4.74 Å². The Hall–Kier alpha value is -2.55. The standard InChI is InChI=1S/C21H16F3IN2O/c22-21(23,24)17-5-9-19(10-6-17)27-26-13-15-3-11-20(12-4-15)28-14-16-1-7-18(25)8-2-16/h1-13,27H,14H2/b26-13+. The fourth-order valence-corrected chi connectivity index (χ4v) is 2.67. The molecule has 0 aliphatic carbocycles. The zero-order valence-corrected chi connectivity index (χ0v) is 16.7. The Kier molecular flexibility index (Phi) is 6.56. The van der Waals surface area contributed by atoms with Crippen LogP contribution >= 0.6 is 22.6 Å². The van der Waals surface area contributed by atoms with Crippen LogP contribution in [0.2, 0.25) is 0 Å². The van der Waals surface area contributed by atoms with Crippen LogP contribution in [0.3, 0.4) is 0 Å². The average molecular weight is 496 g/mol. The Morgan fingerprint density at radius 2 is 1.54 bits per heavy atom. The van der Waals surface area contributed by atoms with E-state index in [-0.39, 0.29) is 0 Å². The van der Waals surface area contributed by atoms with Crippen LogP contribution in [0.4, 0.5) is 18.9 Å². The van der Waals surface area contributed by atoms with E-state index in [1.807, 2.05) is 48.5 Å². The van der Waals surface area contributed by atoms with Gasteiger partial charge in [0.1, 0.15) is 12.4 Å². The van der Waals surface area contributed by atoms with Crippen LogP contribution in [0, 0.1) is 3.57 Å². The van der Waals surface area contributed by atoms with E-state index in [1.54, 1.807) is 6.21 Å². The zero-order valence-electron chi connectivity index (χ0n) is 14.6. The summed E-state index contributed by atoms with van der Waals surface area (Å²) in [6.45, 7) is 0.486. The Morgan fingerprint density at radius 3 is 2.14 bits per heavy atom. The topological polar surface area (TPSA) is 33.6 Å². The van der Waals surface area contributed by atoms with Gasteiger partial charge in [-0.3, -0.25) is 5.43 Å². The molecule has 0 saturated heterocycles. The van der Waals surface area contributed by atoms with Crippen LogP contribution in [0.25, 0.3) is 0 Å². The highest BCUT2D eigenvalue weighted by atomic mass is 127. The van der Waals surface area contributed by atoms with Crippen LogP contribution < -0.4 is 10.2 Å². The highest BCUT2D eigenvalue weighted by Crippen LogP contribution is 2.29. The van der Waals surface area contributed by atoms with Gasteiger partial charge >= 0.3 is 6.18 Å². The summed E-state index contributed by atoms with van der Waals surface area (Å²) in [5.41, 5.74) is 4.41. The molecule has 0 atom stereocenters. The van der Waals surface area contributed by atoms with Gasteiger partial charge in [-0.25, -0.2) is 0 Å². The van der Waals surface area contributed by atoms with Gasteiger partial charge in [-0.2, -0.15) is 18.3 Å². The first-order valence-electron chi connectivity index (χ1n) is 8.34. The Balaban J connectivity index is 1.51. The third kappa shape index (κ3) is 5.98. The second-order valence-corrected chi connectivity index (χ2v) is 7.17. The van der Waals surface area contributed by atoms with Gasteiger partial charge in [0, 0.05) is 3.57 Å². The van der Waals surface area contributed by atoms with Crippen molar-refractivity contribution in [1.29, 1.82) is 0 Å². The Labute approximate surface area is 174 Å². The molecule has 0 unspecified atom stereocenters. The maximum atomic E-state index is 12.5. The molecule has 3 aromatic rings. The lowest BCUT2D eigenvalue weighted by Crippen LogP contribution is -2.04. The maximum absolute atomic E-state index is 12.5. The predicted molar refractivity (Wildman–Crippen MR) is 113 cm³/mol. The fraction of sp³-hybridized carbons (Fsp3) is 0.0952. The summed E-state index contributed by atoms with van der Waals surface area (Å²) < 4.78 is 44.5. The van der Waals surface area contributed by atoms with E-state index in [1.165, 1.54) is 15.7 Å². The number of hydrazone groups is 1. The molecule has 0 radical (unpaired) electrons. The minimum Gasteiger partial charge on any atom is -0.489 e. The van der Waals surface area contributed by atoms with E-state index >= 15 is 0 Å². The Bertz CT molecular complexity index is 922. The molecule has 28 heavy (non-hydrogen) atoms. The molecule has 0 saturated carbocycles. The van der Waals surface area contributed by atoms with Crippen LogP contribution in [0.1, 0.15) is 16.7 Å². The molecule has 3 rings (SSSR count). The number of hydrogen-bond donors (Lipinski definition) is 1. The van der Waals surface area contributed by atoms with Crippen molar-refractivity contribution in [3.8, 4) is 5.75 Å². The van der Waals surface area contributed by atoms with Crippen LogP contribution in [-0.2, 0) is 12.8 Å². The first kappa shape index (κ1) is 20.2. The van der Waals surface area contributed by atoms with E-state index < -0.39 is 11.7 Å². The van der Waals surface area contributed by atoms with E-state index in [9.17, 15) is 13.2 Å². The number of halogens is 4. The number of anilines is 1. The lowest BCUT2D eigenvalue weighted by Gasteiger charge is -2.07. The van der Waals surface area contributed by atoms with E-state index in [0.717, 1.165) is 29.0 Å². The number of hydrogen-bond acceptors (Lipinski definition) is 3. The lowest BCUT2D eigenvalue weighted by atomic mass is 10.2. The third-order valence-corrected chi connectivity index (χ3v) is 4.54. The number of nitrogens with one attached hydrogen (secondary N) is 1. The second kappa shape index (κ2) is 9.09. The highest BCUT2D eigenvalue weighted by Gasteiger charge is 2.29. The summed E-state index contributed by atoms with van der Waals surface area (Å²) in [6.07, 6.45) is -2.76. The fourth-order valence-electron chi connectivity index (χ4n) is 2.31. The molecule has 7 heteroatoms. The van der Waals surface area contributed by atoms with Crippen LogP contribution in [0.15, 0.2) is 77.9 Å². The van der Waals surface area contributed by atoms with Gasteiger partial charge in [-0.15, -0.1) is 0 Å². The van der Waals surface area contributed by atoms with Crippen molar-refractivity contribution in [2.45, 2.75) is 12.8 Å². The van der Waals surface area contributed by atoms with Crippen molar-refractivity contribution in [3.63, 3.8) is 0 Å². The molecule has 144 valence electrons. The Morgan fingerprint density at radius 1 is 0.893 bits per heavy atom. The molecule has 0 spiro atoms. The maximum Gasteiger partial charge on any atom is 0.416 e. The van der Waals surface area contributed by atoms with Crippen molar-refractivity contribution >= 4 is 34.5 Å². The predicted octanol–water partition coefficient (Wildman–Crippen LogP) is 6.34. The van der Waals surface area contributed by atoms with Crippen molar-refractivity contribution in [3.05, 3.63) is 93.1 Å². The van der Waals surface area contributed by atoms with Gasteiger partial charge in [-0.1, -0.05) is 12.1 Å². The number of ether oxygens (including phenoxy) is 1. The molecule has 0 fully saturated rings. The first-order valence-corrected chi connectivity index (χ1v) is 9.42. The molecule has 3 nitrogen and oxygen atoms in total. The molecular formula is C21H16F3IN2O. The molecular weight excluding hydrogens is 480 g/mol. The van der Waals surface area contributed by atoms with Gasteiger partial charge in [0.25, 0.3) is 0 Å². The SMILES string of the molecule is FC(F)(F)c1ccc(N/N=C/c2ccc(OCc3ccc(I)cc3)cc2)cc1. The van der Waals surface area contributed by atoms with Gasteiger partial charge in [0.05, 0.1) is 17.5 Å². The van der Waals surface area contributed by atoms with Crippen molar-refractivity contribution in [2.24, 2.45) is 5.10 Å². The molecule has 1 N–H and O–H groups in total. The average Bonchev–Trinajstić information content (AvgIpc) is 2.68. The summed E-state index contributed by atoms with van der Waals surface area (Å²) in [7, 11) is 0. The summed E-state index contributed by atoms with van der Waals surface area (Å²) in [6, 6.07) is 20.2. The molecule has 0 aromatic heterocycles. The van der Waals surface area contributed by atoms with Crippen molar-refractivity contribution < 1.29 is 17.9 Å². The summed E-state index contributed by atoms with van der Waals surface area (Å²) >= 11 is 2.26. The molecule has 3 aromatic carbocycles. The number of alkyl halides is 3. The number of benzene rings is 3. The van der Waals surface area contributed by atoms with E-state index in [4.69, 9.17) is 4.74 Å². The smallest absolute Gasteiger partial charge is 0.416 e. The van der Waals surface area contributed by atoms with Crippen molar-refractivity contribution in [1.82, 2.24) is 0 Å².